The van der Waals surface area contributed by atoms with Gasteiger partial charge in [0, 0.05) is 18.0 Å². The van der Waals surface area contributed by atoms with Gasteiger partial charge in [-0.2, -0.15) is 0 Å². The molecule has 5 heteroatoms. The van der Waals surface area contributed by atoms with E-state index in [0.29, 0.717) is 17.9 Å². The summed E-state index contributed by atoms with van der Waals surface area (Å²) in [6, 6.07) is 4.64. The molecule has 1 heterocycles. The number of benzene rings is 1. The van der Waals surface area contributed by atoms with E-state index < -0.39 is 5.82 Å². The standard InChI is InChI=1S/C13H14FN3O/c1-18-12-3-2-10(6-11(12)14)13-16-7-9(4-5-15)8-17-13/h2-3,6-8H,4-5,15H2,1H3. The largest absolute Gasteiger partial charge is 0.494 e. The molecular formula is C13H14FN3O. The summed E-state index contributed by atoms with van der Waals surface area (Å²) in [4.78, 5) is 8.38. The molecule has 1 aromatic carbocycles. The van der Waals surface area contributed by atoms with Crippen LogP contribution in [-0.4, -0.2) is 23.6 Å². The number of nitrogens with two attached hydrogens (primary N) is 1. The number of halogens is 1. The van der Waals surface area contributed by atoms with Gasteiger partial charge in [0.15, 0.2) is 17.4 Å². The van der Waals surface area contributed by atoms with Crippen LogP contribution in [0.4, 0.5) is 4.39 Å². The van der Waals surface area contributed by atoms with Crippen molar-refractivity contribution in [3.05, 3.63) is 42.0 Å². The first-order valence-electron chi connectivity index (χ1n) is 5.59. The van der Waals surface area contributed by atoms with Gasteiger partial charge >= 0.3 is 0 Å². The van der Waals surface area contributed by atoms with Crippen LogP contribution in [0.25, 0.3) is 11.4 Å². The zero-order chi connectivity index (χ0) is 13.0. The molecule has 2 N–H and O–H groups in total. The van der Waals surface area contributed by atoms with Crippen LogP contribution in [0.2, 0.25) is 0 Å². The van der Waals surface area contributed by atoms with Crippen molar-refractivity contribution in [2.75, 3.05) is 13.7 Å². The summed E-state index contributed by atoms with van der Waals surface area (Å²) in [6.07, 6.45) is 4.14. The predicted octanol–water partition coefficient (Wildman–Crippen LogP) is 1.79. The summed E-state index contributed by atoms with van der Waals surface area (Å²) >= 11 is 0. The highest BCUT2D eigenvalue weighted by Crippen LogP contribution is 2.22. The Bertz CT molecular complexity index is 528. The van der Waals surface area contributed by atoms with Crippen LogP contribution in [0.15, 0.2) is 30.6 Å². The second-order valence-corrected chi connectivity index (χ2v) is 3.80. The van der Waals surface area contributed by atoms with E-state index in [-0.39, 0.29) is 5.75 Å². The van der Waals surface area contributed by atoms with E-state index >= 15 is 0 Å². The molecule has 94 valence electrons. The van der Waals surface area contributed by atoms with E-state index in [2.05, 4.69) is 9.97 Å². The molecule has 0 atom stereocenters. The number of rotatable bonds is 4. The molecule has 1 aromatic heterocycles. The van der Waals surface area contributed by atoms with Gasteiger partial charge in [0.1, 0.15) is 0 Å². The van der Waals surface area contributed by atoms with Gasteiger partial charge in [-0.3, -0.25) is 0 Å². The minimum Gasteiger partial charge on any atom is -0.494 e. The lowest BCUT2D eigenvalue weighted by molar-refractivity contribution is 0.386. The van der Waals surface area contributed by atoms with Crippen LogP contribution in [0, 0.1) is 5.82 Å². The summed E-state index contributed by atoms with van der Waals surface area (Å²) in [5, 5.41) is 0. The lowest BCUT2D eigenvalue weighted by Crippen LogP contribution is -2.03. The Balaban J connectivity index is 2.28. The van der Waals surface area contributed by atoms with Crippen LogP contribution in [0.1, 0.15) is 5.56 Å². The van der Waals surface area contributed by atoms with Gasteiger partial charge in [-0.05, 0) is 36.7 Å². The van der Waals surface area contributed by atoms with Gasteiger partial charge in [-0.25, -0.2) is 14.4 Å². The first-order chi connectivity index (χ1) is 8.74. The molecule has 2 aromatic rings. The minimum absolute atomic E-state index is 0.207. The minimum atomic E-state index is -0.426. The zero-order valence-corrected chi connectivity index (χ0v) is 10.1. The van der Waals surface area contributed by atoms with Crippen LogP contribution in [0.3, 0.4) is 0 Å². The van der Waals surface area contributed by atoms with Gasteiger partial charge in [0.25, 0.3) is 0 Å². The highest BCUT2D eigenvalue weighted by atomic mass is 19.1. The quantitative estimate of drug-likeness (QED) is 0.894. The summed E-state index contributed by atoms with van der Waals surface area (Å²) in [5.74, 6) is 0.264. The molecule has 0 amide bonds. The van der Waals surface area contributed by atoms with E-state index in [4.69, 9.17) is 10.5 Å². The average molecular weight is 247 g/mol. The van der Waals surface area contributed by atoms with Gasteiger partial charge < -0.3 is 10.5 Å². The smallest absolute Gasteiger partial charge is 0.165 e. The van der Waals surface area contributed by atoms with Crippen molar-refractivity contribution in [2.24, 2.45) is 5.73 Å². The van der Waals surface area contributed by atoms with Crippen LogP contribution in [-0.2, 0) is 6.42 Å². The van der Waals surface area contributed by atoms with Crippen molar-refractivity contribution < 1.29 is 9.13 Å². The molecule has 4 nitrogen and oxygen atoms in total. The fraction of sp³-hybridized carbons (Fsp3) is 0.231. The van der Waals surface area contributed by atoms with E-state index in [9.17, 15) is 4.39 Å². The molecule has 0 aliphatic rings. The van der Waals surface area contributed by atoms with Gasteiger partial charge in [-0.15, -0.1) is 0 Å². The third kappa shape index (κ3) is 2.62. The lowest BCUT2D eigenvalue weighted by atomic mass is 10.2. The molecule has 0 unspecified atom stereocenters. The second-order valence-electron chi connectivity index (χ2n) is 3.80. The van der Waals surface area contributed by atoms with Crippen molar-refractivity contribution in [1.29, 1.82) is 0 Å². The Morgan fingerprint density at radius 3 is 2.56 bits per heavy atom. The zero-order valence-electron chi connectivity index (χ0n) is 10.1. The normalized spacial score (nSPS) is 10.4. The Morgan fingerprint density at radius 2 is 2.00 bits per heavy atom. The second kappa shape index (κ2) is 5.55. The van der Waals surface area contributed by atoms with Crippen LogP contribution < -0.4 is 10.5 Å². The summed E-state index contributed by atoms with van der Waals surface area (Å²) in [6.45, 7) is 0.555. The van der Waals surface area contributed by atoms with E-state index in [1.165, 1.54) is 13.2 Å². The fourth-order valence-corrected chi connectivity index (χ4v) is 1.61. The number of nitrogens with zero attached hydrogens (tertiary/aromatic N) is 2. The molecule has 0 spiro atoms. The molecule has 18 heavy (non-hydrogen) atoms. The van der Waals surface area contributed by atoms with E-state index in [1.807, 2.05) is 0 Å². The SMILES string of the molecule is COc1ccc(-c2ncc(CCN)cn2)cc1F. The van der Waals surface area contributed by atoms with Crippen molar-refractivity contribution in [1.82, 2.24) is 9.97 Å². The Kier molecular flexibility index (Phi) is 3.84. The molecule has 0 saturated carbocycles. The summed E-state index contributed by atoms with van der Waals surface area (Å²) < 4.78 is 18.4. The third-order valence-corrected chi connectivity index (χ3v) is 2.55. The molecule has 0 aliphatic heterocycles. The highest BCUT2D eigenvalue weighted by Gasteiger charge is 2.07. The van der Waals surface area contributed by atoms with Crippen molar-refractivity contribution >= 4 is 0 Å². The predicted molar refractivity (Wildman–Crippen MR) is 66.7 cm³/mol. The van der Waals surface area contributed by atoms with Gasteiger partial charge in [0.2, 0.25) is 0 Å². The Hall–Kier alpha value is -2.01. The Morgan fingerprint density at radius 1 is 1.28 bits per heavy atom. The number of aromatic nitrogens is 2. The van der Waals surface area contributed by atoms with Crippen LogP contribution >= 0.6 is 0 Å². The van der Waals surface area contributed by atoms with Crippen molar-refractivity contribution in [3.8, 4) is 17.1 Å². The summed E-state index contributed by atoms with van der Waals surface area (Å²) in [7, 11) is 1.43. The maximum atomic E-state index is 13.5. The first kappa shape index (κ1) is 12.4. The highest BCUT2D eigenvalue weighted by molar-refractivity contribution is 5.56. The van der Waals surface area contributed by atoms with E-state index in [1.54, 1.807) is 24.5 Å². The number of methoxy groups -OCH3 is 1. The number of hydrogen-bond donors (Lipinski definition) is 1. The molecular weight excluding hydrogens is 233 g/mol. The maximum Gasteiger partial charge on any atom is 0.165 e. The van der Waals surface area contributed by atoms with E-state index in [0.717, 1.165) is 12.0 Å². The number of ether oxygens (including phenoxy) is 1. The molecule has 0 saturated heterocycles. The van der Waals surface area contributed by atoms with Crippen molar-refractivity contribution in [3.63, 3.8) is 0 Å². The third-order valence-electron chi connectivity index (χ3n) is 2.55. The Labute approximate surface area is 105 Å². The summed E-state index contributed by atoms with van der Waals surface area (Å²) in [5.41, 5.74) is 7.03. The monoisotopic (exact) mass is 247 g/mol. The molecule has 0 fully saturated rings. The van der Waals surface area contributed by atoms with Crippen molar-refractivity contribution in [2.45, 2.75) is 6.42 Å². The fourth-order valence-electron chi connectivity index (χ4n) is 1.61. The lowest BCUT2D eigenvalue weighted by Gasteiger charge is -2.05. The molecule has 0 bridgehead atoms. The van der Waals surface area contributed by atoms with Gasteiger partial charge in [-0.1, -0.05) is 0 Å². The first-order valence-corrected chi connectivity index (χ1v) is 5.59. The molecule has 0 aliphatic carbocycles. The average Bonchev–Trinajstić information content (AvgIpc) is 2.40. The maximum absolute atomic E-state index is 13.5. The molecule has 0 radical (unpaired) electrons. The van der Waals surface area contributed by atoms with Gasteiger partial charge in [0.05, 0.1) is 7.11 Å². The number of hydrogen-bond acceptors (Lipinski definition) is 4. The van der Waals surface area contributed by atoms with Crippen LogP contribution in [0.5, 0.6) is 5.75 Å². The molecule has 2 rings (SSSR count). The topological polar surface area (TPSA) is 61.0 Å².